The van der Waals surface area contributed by atoms with E-state index in [0.29, 0.717) is 19.3 Å². The minimum absolute atomic E-state index is 0.350. The highest BCUT2D eigenvalue weighted by atomic mass is 16.5. The number of nitrogens with one attached hydrogen (secondary N) is 1. The van der Waals surface area contributed by atoms with Crippen molar-refractivity contribution in [3.05, 3.63) is 18.5 Å². The molecule has 1 saturated carbocycles. The Bertz CT molecular complexity index is 370. The highest BCUT2D eigenvalue weighted by Gasteiger charge is 2.20. The number of rotatable bonds is 9. The monoisotopic (exact) mass is 295 g/mol. The molecule has 5 heteroatoms. The Balaban J connectivity index is 1.46. The standard InChI is InChI=1S/C16H29N3O2/c1-14-5-2-6-16(11-14)21-13-15(20)12-17-7-3-9-19-10-4-8-18-19/h4,8,10,14-17,20H,2-3,5-7,9,11-13H2,1H3. The van der Waals surface area contributed by atoms with Crippen molar-refractivity contribution in [2.75, 3.05) is 19.7 Å². The third-order valence-corrected chi connectivity index (χ3v) is 4.09. The molecule has 120 valence electrons. The molecule has 1 aliphatic rings. The minimum atomic E-state index is -0.410. The largest absolute Gasteiger partial charge is 0.389 e. The summed E-state index contributed by atoms with van der Waals surface area (Å²) in [5, 5.41) is 17.4. The molecule has 5 nitrogen and oxygen atoms in total. The van der Waals surface area contributed by atoms with Crippen molar-refractivity contribution in [2.24, 2.45) is 5.92 Å². The summed E-state index contributed by atoms with van der Waals surface area (Å²) in [6.07, 6.45) is 9.57. The van der Waals surface area contributed by atoms with Crippen LogP contribution in [0.25, 0.3) is 0 Å². The summed E-state index contributed by atoms with van der Waals surface area (Å²) in [4.78, 5) is 0. The molecule has 2 N–H and O–H groups in total. The maximum absolute atomic E-state index is 9.92. The molecule has 0 spiro atoms. The van der Waals surface area contributed by atoms with Crippen molar-refractivity contribution >= 4 is 0 Å². The second kappa shape index (κ2) is 9.18. The van der Waals surface area contributed by atoms with E-state index in [4.69, 9.17) is 4.74 Å². The summed E-state index contributed by atoms with van der Waals surface area (Å²) in [5.41, 5.74) is 0. The van der Waals surface area contributed by atoms with E-state index < -0.39 is 6.10 Å². The predicted octanol–water partition coefficient (Wildman–Crippen LogP) is 1.82. The minimum Gasteiger partial charge on any atom is -0.389 e. The van der Waals surface area contributed by atoms with Crippen molar-refractivity contribution in [3.8, 4) is 0 Å². The molecule has 0 aliphatic heterocycles. The second-order valence-electron chi connectivity index (χ2n) is 6.21. The van der Waals surface area contributed by atoms with E-state index in [1.165, 1.54) is 12.8 Å². The van der Waals surface area contributed by atoms with Crippen LogP contribution in [0.15, 0.2) is 18.5 Å². The lowest BCUT2D eigenvalue weighted by molar-refractivity contribution is -0.0305. The van der Waals surface area contributed by atoms with E-state index in [0.717, 1.165) is 38.3 Å². The summed E-state index contributed by atoms with van der Waals surface area (Å²) in [5.74, 6) is 0.765. The first-order chi connectivity index (χ1) is 10.2. The molecule has 1 aliphatic carbocycles. The zero-order chi connectivity index (χ0) is 14.9. The number of aliphatic hydroxyl groups is 1. The van der Waals surface area contributed by atoms with Crippen LogP contribution in [0.3, 0.4) is 0 Å². The third kappa shape index (κ3) is 6.59. The maximum Gasteiger partial charge on any atom is 0.0897 e. The van der Waals surface area contributed by atoms with Gasteiger partial charge >= 0.3 is 0 Å². The zero-order valence-electron chi connectivity index (χ0n) is 13.1. The Morgan fingerprint density at radius 3 is 3.14 bits per heavy atom. The van der Waals surface area contributed by atoms with Crippen molar-refractivity contribution in [1.82, 2.24) is 15.1 Å². The van der Waals surface area contributed by atoms with E-state index in [2.05, 4.69) is 17.3 Å². The Morgan fingerprint density at radius 2 is 2.38 bits per heavy atom. The molecule has 3 atom stereocenters. The van der Waals surface area contributed by atoms with Crippen molar-refractivity contribution in [3.63, 3.8) is 0 Å². The number of aliphatic hydroxyl groups excluding tert-OH is 1. The first-order valence-electron chi connectivity index (χ1n) is 8.22. The van der Waals surface area contributed by atoms with Crippen molar-refractivity contribution < 1.29 is 9.84 Å². The first kappa shape index (κ1) is 16.5. The van der Waals surface area contributed by atoms with Gasteiger partial charge in [0.25, 0.3) is 0 Å². The highest BCUT2D eigenvalue weighted by Crippen LogP contribution is 2.25. The summed E-state index contributed by atoms with van der Waals surface area (Å²) in [6, 6.07) is 1.93. The number of hydrogen-bond donors (Lipinski definition) is 2. The third-order valence-electron chi connectivity index (χ3n) is 4.09. The number of aryl methyl sites for hydroxylation is 1. The van der Waals surface area contributed by atoms with Crippen LogP contribution >= 0.6 is 0 Å². The van der Waals surface area contributed by atoms with E-state index in [1.807, 2.05) is 16.9 Å². The molecule has 2 rings (SSSR count). The summed E-state index contributed by atoms with van der Waals surface area (Å²) >= 11 is 0. The normalized spacial score (nSPS) is 24.1. The van der Waals surface area contributed by atoms with Gasteiger partial charge in [-0.25, -0.2) is 0 Å². The van der Waals surface area contributed by atoms with Crippen LogP contribution < -0.4 is 5.32 Å². The van der Waals surface area contributed by atoms with Gasteiger partial charge in [0.15, 0.2) is 0 Å². The van der Waals surface area contributed by atoms with Crippen LogP contribution in [0.4, 0.5) is 0 Å². The Hall–Kier alpha value is -0.910. The van der Waals surface area contributed by atoms with Gasteiger partial charge in [0.2, 0.25) is 0 Å². The van der Waals surface area contributed by atoms with Crippen LogP contribution in [0, 0.1) is 5.92 Å². The quantitative estimate of drug-likeness (QED) is 0.682. The lowest BCUT2D eigenvalue weighted by Crippen LogP contribution is -2.33. The van der Waals surface area contributed by atoms with Gasteiger partial charge in [0.05, 0.1) is 18.8 Å². The van der Waals surface area contributed by atoms with Crippen molar-refractivity contribution in [2.45, 2.75) is 57.8 Å². The van der Waals surface area contributed by atoms with Crippen LogP contribution in [0.5, 0.6) is 0 Å². The molecule has 0 aromatic carbocycles. The number of ether oxygens (including phenoxy) is 1. The van der Waals surface area contributed by atoms with Gasteiger partial charge in [-0.3, -0.25) is 4.68 Å². The van der Waals surface area contributed by atoms with Gasteiger partial charge in [0, 0.05) is 25.5 Å². The molecule has 0 saturated heterocycles. The Kier molecular flexibility index (Phi) is 7.19. The Morgan fingerprint density at radius 1 is 1.48 bits per heavy atom. The summed E-state index contributed by atoms with van der Waals surface area (Å²) in [6.45, 7) is 5.13. The topological polar surface area (TPSA) is 59.3 Å². The van der Waals surface area contributed by atoms with Crippen LogP contribution in [-0.2, 0) is 11.3 Å². The van der Waals surface area contributed by atoms with Gasteiger partial charge in [-0.05, 0) is 37.8 Å². The lowest BCUT2D eigenvalue weighted by atomic mass is 9.89. The van der Waals surface area contributed by atoms with E-state index >= 15 is 0 Å². The van der Waals surface area contributed by atoms with Crippen LogP contribution in [0.2, 0.25) is 0 Å². The molecule has 0 amide bonds. The van der Waals surface area contributed by atoms with Gasteiger partial charge in [0.1, 0.15) is 0 Å². The zero-order valence-corrected chi connectivity index (χ0v) is 13.1. The molecule has 1 aromatic rings. The highest BCUT2D eigenvalue weighted by molar-refractivity contribution is 4.77. The fourth-order valence-electron chi connectivity index (χ4n) is 2.90. The van der Waals surface area contributed by atoms with Gasteiger partial charge in [-0.15, -0.1) is 0 Å². The van der Waals surface area contributed by atoms with Gasteiger partial charge in [-0.1, -0.05) is 19.8 Å². The fourth-order valence-corrected chi connectivity index (χ4v) is 2.90. The summed E-state index contributed by atoms with van der Waals surface area (Å²) < 4.78 is 7.75. The van der Waals surface area contributed by atoms with Crippen LogP contribution in [-0.4, -0.2) is 46.8 Å². The van der Waals surface area contributed by atoms with Gasteiger partial charge in [-0.2, -0.15) is 5.10 Å². The fraction of sp³-hybridized carbons (Fsp3) is 0.812. The predicted molar refractivity (Wildman–Crippen MR) is 83.1 cm³/mol. The molecule has 1 aromatic heterocycles. The number of nitrogens with zero attached hydrogens (tertiary/aromatic N) is 2. The first-order valence-corrected chi connectivity index (χ1v) is 8.22. The Labute approximate surface area is 127 Å². The average Bonchev–Trinajstić information content (AvgIpc) is 2.98. The molecule has 1 heterocycles. The van der Waals surface area contributed by atoms with Gasteiger partial charge < -0.3 is 15.2 Å². The lowest BCUT2D eigenvalue weighted by Gasteiger charge is -2.27. The number of hydrogen-bond acceptors (Lipinski definition) is 4. The smallest absolute Gasteiger partial charge is 0.0897 e. The van der Waals surface area contributed by atoms with E-state index in [1.54, 1.807) is 6.20 Å². The molecule has 0 radical (unpaired) electrons. The molecule has 21 heavy (non-hydrogen) atoms. The average molecular weight is 295 g/mol. The van der Waals surface area contributed by atoms with E-state index in [9.17, 15) is 5.11 Å². The van der Waals surface area contributed by atoms with Crippen LogP contribution in [0.1, 0.15) is 39.0 Å². The van der Waals surface area contributed by atoms with Crippen molar-refractivity contribution in [1.29, 1.82) is 0 Å². The molecule has 0 bridgehead atoms. The molecule has 3 unspecified atom stereocenters. The summed E-state index contributed by atoms with van der Waals surface area (Å²) in [7, 11) is 0. The number of aromatic nitrogens is 2. The molecular weight excluding hydrogens is 266 g/mol. The van der Waals surface area contributed by atoms with E-state index in [-0.39, 0.29) is 0 Å². The second-order valence-corrected chi connectivity index (χ2v) is 6.21. The SMILES string of the molecule is CC1CCCC(OCC(O)CNCCCn2cccn2)C1. The molecular formula is C16H29N3O2. The molecule has 1 fully saturated rings. The maximum atomic E-state index is 9.92.